The highest BCUT2D eigenvalue weighted by molar-refractivity contribution is 6.30. The van der Waals surface area contributed by atoms with E-state index in [-0.39, 0.29) is 11.5 Å². The normalized spacial score (nSPS) is 12.6. The minimum absolute atomic E-state index is 0.0604. The van der Waals surface area contributed by atoms with Crippen LogP contribution in [0.2, 0.25) is 5.02 Å². The topological polar surface area (TPSA) is 68.0 Å². The van der Waals surface area contributed by atoms with E-state index in [4.69, 9.17) is 16.6 Å². The van der Waals surface area contributed by atoms with Crippen molar-refractivity contribution in [1.82, 2.24) is 24.4 Å². The van der Waals surface area contributed by atoms with Gasteiger partial charge in [0.05, 0.1) is 11.4 Å². The van der Waals surface area contributed by atoms with Crippen LogP contribution in [0.3, 0.4) is 0 Å². The SMILES string of the molecule is Cc1c(-c2cccc(Cl)c2)[nH]n2c(=O)cc([C@@H](C)Cn3nccc3C)nc12. The van der Waals surface area contributed by atoms with E-state index in [0.717, 1.165) is 28.2 Å². The van der Waals surface area contributed by atoms with Gasteiger partial charge in [-0.25, -0.2) is 9.50 Å². The van der Waals surface area contributed by atoms with Crippen LogP contribution in [0.4, 0.5) is 0 Å². The number of aryl methyl sites for hydroxylation is 2. The quantitative estimate of drug-likeness (QED) is 0.581. The van der Waals surface area contributed by atoms with Gasteiger partial charge in [-0.05, 0) is 32.0 Å². The Bertz CT molecular complexity index is 1190. The number of H-pyrrole nitrogens is 1. The summed E-state index contributed by atoms with van der Waals surface area (Å²) in [5.74, 6) is 0.0604. The van der Waals surface area contributed by atoms with Gasteiger partial charge in [0.2, 0.25) is 0 Å². The van der Waals surface area contributed by atoms with Gasteiger partial charge < -0.3 is 0 Å². The molecule has 4 rings (SSSR count). The van der Waals surface area contributed by atoms with Crippen molar-refractivity contribution < 1.29 is 0 Å². The molecule has 27 heavy (non-hydrogen) atoms. The Hall–Kier alpha value is -2.86. The van der Waals surface area contributed by atoms with Crippen LogP contribution < -0.4 is 5.56 Å². The van der Waals surface area contributed by atoms with E-state index in [1.54, 1.807) is 12.3 Å². The molecule has 6 nitrogen and oxygen atoms in total. The summed E-state index contributed by atoms with van der Waals surface area (Å²) in [6.45, 7) is 6.70. The van der Waals surface area contributed by atoms with Crippen LogP contribution in [0.5, 0.6) is 0 Å². The molecule has 1 atom stereocenters. The van der Waals surface area contributed by atoms with Crippen LogP contribution in [-0.2, 0) is 6.54 Å². The summed E-state index contributed by atoms with van der Waals surface area (Å²) < 4.78 is 3.41. The number of halogens is 1. The summed E-state index contributed by atoms with van der Waals surface area (Å²) >= 11 is 6.12. The van der Waals surface area contributed by atoms with Crippen molar-refractivity contribution in [3.8, 4) is 11.3 Å². The Balaban J connectivity index is 1.78. The molecular weight excluding hydrogens is 362 g/mol. The molecule has 0 saturated carbocycles. The van der Waals surface area contributed by atoms with Gasteiger partial charge in [-0.1, -0.05) is 30.7 Å². The number of aromatic amines is 1. The molecule has 1 N–H and O–H groups in total. The summed E-state index contributed by atoms with van der Waals surface area (Å²) in [5, 5.41) is 8.13. The summed E-state index contributed by atoms with van der Waals surface area (Å²) in [5.41, 5.74) is 5.03. The summed E-state index contributed by atoms with van der Waals surface area (Å²) in [7, 11) is 0. The molecular formula is C20H20ClN5O. The first-order valence-electron chi connectivity index (χ1n) is 8.80. The maximum Gasteiger partial charge on any atom is 0.272 e. The first kappa shape index (κ1) is 17.5. The van der Waals surface area contributed by atoms with Crippen molar-refractivity contribution >= 4 is 17.2 Å². The van der Waals surface area contributed by atoms with Crippen LogP contribution in [0.15, 0.2) is 47.4 Å². The molecule has 0 bridgehead atoms. The number of nitrogens with one attached hydrogen (secondary N) is 1. The molecule has 1 aromatic carbocycles. The van der Waals surface area contributed by atoms with Crippen LogP contribution in [0.25, 0.3) is 16.9 Å². The third kappa shape index (κ3) is 3.17. The first-order chi connectivity index (χ1) is 12.9. The van der Waals surface area contributed by atoms with Gasteiger partial charge in [-0.2, -0.15) is 5.10 Å². The molecule has 3 heterocycles. The van der Waals surface area contributed by atoms with Gasteiger partial charge in [0, 0.05) is 46.6 Å². The second kappa shape index (κ2) is 6.70. The van der Waals surface area contributed by atoms with Gasteiger partial charge in [0.1, 0.15) is 0 Å². The van der Waals surface area contributed by atoms with Gasteiger partial charge >= 0.3 is 0 Å². The van der Waals surface area contributed by atoms with E-state index in [0.29, 0.717) is 17.2 Å². The fourth-order valence-corrected chi connectivity index (χ4v) is 3.48. The largest absolute Gasteiger partial charge is 0.289 e. The molecule has 0 aliphatic rings. The number of benzene rings is 1. The maximum atomic E-state index is 12.7. The molecule has 4 aromatic rings. The van der Waals surface area contributed by atoms with E-state index < -0.39 is 0 Å². The van der Waals surface area contributed by atoms with Crippen LogP contribution in [0, 0.1) is 13.8 Å². The zero-order chi connectivity index (χ0) is 19.1. The fraction of sp³-hybridized carbons (Fsp3) is 0.250. The van der Waals surface area contributed by atoms with Crippen LogP contribution in [-0.4, -0.2) is 24.4 Å². The van der Waals surface area contributed by atoms with Crippen molar-refractivity contribution in [2.45, 2.75) is 33.2 Å². The zero-order valence-electron chi connectivity index (χ0n) is 15.4. The lowest BCUT2D eigenvalue weighted by Crippen LogP contribution is -2.18. The van der Waals surface area contributed by atoms with Gasteiger partial charge in [-0.15, -0.1) is 0 Å². The molecule has 0 saturated heterocycles. The smallest absolute Gasteiger partial charge is 0.272 e. The zero-order valence-corrected chi connectivity index (χ0v) is 16.2. The lowest BCUT2D eigenvalue weighted by Gasteiger charge is -2.12. The number of hydrogen-bond donors (Lipinski definition) is 1. The van der Waals surface area contributed by atoms with Crippen molar-refractivity contribution in [3.63, 3.8) is 0 Å². The second-order valence-corrected chi connectivity index (χ2v) is 7.29. The summed E-state index contributed by atoms with van der Waals surface area (Å²) in [6.07, 6.45) is 1.78. The molecule has 3 aromatic heterocycles. The third-order valence-corrected chi connectivity index (χ3v) is 5.10. The molecule has 7 heteroatoms. The van der Waals surface area contributed by atoms with Crippen molar-refractivity contribution in [2.24, 2.45) is 0 Å². The Labute approximate surface area is 161 Å². The minimum atomic E-state index is -0.129. The molecule has 0 fully saturated rings. The Kier molecular flexibility index (Phi) is 4.36. The average molecular weight is 382 g/mol. The van der Waals surface area contributed by atoms with E-state index in [1.165, 1.54) is 4.52 Å². The average Bonchev–Trinajstić information content (AvgIpc) is 3.19. The van der Waals surface area contributed by atoms with E-state index >= 15 is 0 Å². The minimum Gasteiger partial charge on any atom is -0.289 e. The van der Waals surface area contributed by atoms with E-state index in [2.05, 4.69) is 17.1 Å². The van der Waals surface area contributed by atoms with Crippen molar-refractivity contribution in [3.05, 3.63) is 74.9 Å². The predicted molar refractivity (Wildman–Crippen MR) is 106 cm³/mol. The van der Waals surface area contributed by atoms with E-state index in [1.807, 2.05) is 48.9 Å². The Morgan fingerprint density at radius 2 is 2.04 bits per heavy atom. The molecule has 0 aliphatic heterocycles. The summed E-state index contributed by atoms with van der Waals surface area (Å²) in [4.78, 5) is 17.5. The van der Waals surface area contributed by atoms with Crippen LogP contribution >= 0.6 is 11.6 Å². The molecule has 0 spiro atoms. The maximum absolute atomic E-state index is 12.7. The lowest BCUT2D eigenvalue weighted by atomic mass is 10.1. The number of fused-ring (bicyclic) bond motifs is 1. The monoisotopic (exact) mass is 381 g/mol. The summed E-state index contributed by atoms with van der Waals surface area (Å²) in [6, 6.07) is 11.1. The van der Waals surface area contributed by atoms with Crippen LogP contribution in [0.1, 0.15) is 29.8 Å². The second-order valence-electron chi connectivity index (χ2n) is 6.86. The van der Waals surface area contributed by atoms with Crippen molar-refractivity contribution in [2.75, 3.05) is 0 Å². The van der Waals surface area contributed by atoms with E-state index in [9.17, 15) is 4.79 Å². The number of aromatic nitrogens is 5. The lowest BCUT2D eigenvalue weighted by molar-refractivity contribution is 0.523. The highest BCUT2D eigenvalue weighted by Gasteiger charge is 2.17. The Morgan fingerprint density at radius 1 is 1.22 bits per heavy atom. The standard InChI is InChI=1S/C20H20ClN5O/c1-12(11-25-13(2)7-8-22-25)17-10-18(27)26-20(23-17)14(3)19(24-26)15-5-4-6-16(21)9-15/h4-10,12,24H,11H2,1-3H3/t12-/m0/s1. The Morgan fingerprint density at radius 3 is 2.74 bits per heavy atom. The third-order valence-electron chi connectivity index (χ3n) is 4.87. The molecule has 0 aliphatic carbocycles. The molecule has 138 valence electrons. The number of nitrogens with zero attached hydrogens (tertiary/aromatic N) is 4. The highest BCUT2D eigenvalue weighted by Crippen LogP contribution is 2.27. The predicted octanol–water partition coefficient (Wildman–Crippen LogP) is 3.96. The number of hydrogen-bond acceptors (Lipinski definition) is 3. The molecule has 0 radical (unpaired) electrons. The van der Waals surface area contributed by atoms with Crippen molar-refractivity contribution in [1.29, 1.82) is 0 Å². The van der Waals surface area contributed by atoms with Gasteiger partial charge in [-0.3, -0.25) is 14.6 Å². The molecule has 0 unspecified atom stereocenters. The highest BCUT2D eigenvalue weighted by atomic mass is 35.5. The van der Waals surface area contributed by atoms with Gasteiger partial charge in [0.15, 0.2) is 5.65 Å². The van der Waals surface area contributed by atoms with Gasteiger partial charge in [0.25, 0.3) is 5.56 Å². The molecule has 0 amide bonds. The number of rotatable bonds is 4. The first-order valence-corrected chi connectivity index (χ1v) is 9.18. The fourth-order valence-electron chi connectivity index (χ4n) is 3.29.